The molecular weight excluding hydrogens is 274 g/mol. The molecular formula is C18H13N3O. The van der Waals surface area contributed by atoms with Gasteiger partial charge in [0.15, 0.2) is 0 Å². The van der Waals surface area contributed by atoms with E-state index in [-0.39, 0.29) is 11.4 Å². The van der Waals surface area contributed by atoms with Crippen molar-refractivity contribution in [2.45, 2.75) is 6.04 Å². The van der Waals surface area contributed by atoms with Crippen molar-refractivity contribution in [2.75, 3.05) is 16.8 Å². The fraction of sp³-hybridized carbons (Fsp3) is 0.111. The van der Waals surface area contributed by atoms with Crippen molar-refractivity contribution in [3.05, 3.63) is 71.6 Å². The molecule has 0 saturated heterocycles. The van der Waals surface area contributed by atoms with Gasteiger partial charge in [-0.3, -0.25) is 4.79 Å². The standard InChI is InChI=1S/C18H13N3O/c1-20-14-9-5-6-10-15(14)21-16(12-7-3-2-4-8-12)17(22)13(11-19)18(20)21/h2-10,16H,1H3/t16-/m1/s1. The summed E-state index contributed by atoms with van der Waals surface area (Å²) in [4.78, 5) is 16.7. The summed E-state index contributed by atoms with van der Waals surface area (Å²) in [6.07, 6.45) is 0. The number of ketones is 1. The van der Waals surface area contributed by atoms with E-state index in [1.54, 1.807) is 0 Å². The third-order valence-corrected chi connectivity index (χ3v) is 4.25. The molecule has 0 unspecified atom stereocenters. The van der Waals surface area contributed by atoms with Crippen LogP contribution in [-0.2, 0) is 4.79 Å². The van der Waals surface area contributed by atoms with Gasteiger partial charge in [-0.2, -0.15) is 5.26 Å². The number of nitrogens with zero attached hydrogens (tertiary/aromatic N) is 3. The van der Waals surface area contributed by atoms with Gasteiger partial charge >= 0.3 is 0 Å². The van der Waals surface area contributed by atoms with Gasteiger partial charge in [0.25, 0.3) is 0 Å². The number of hydrogen-bond acceptors (Lipinski definition) is 4. The number of hydrogen-bond donors (Lipinski definition) is 0. The van der Waals surface area contributed by atoms with Crippen molar-refractivity contribution in [2.24, 2.45) is 0 Å². The van der Waals surface area contributed by atoms with E-state index in [0.717, 1.165) is 16.9 Å². The molecule has 106 valence electrons. The minimum absolute atomic E-state index is 0.134. The Kier molecular flexibility index (Phi) is 2.57. The van der Waals surface area contributed by atoms with E-state index in [4.69, 9.17) is 0 Å². The van der Waals surface area contributed by atoms with Crippen molar-refractivity contribution in [3.63, 3.8) is 0 Å². The monoisotopic (exact) mass is 287 g/mol. The van der Waals surface area contributed by atoms with E-state index in [0.29, 0.717) is 5.82 Å². The van der Waals surface area contributed by atoms with Crippen LogP contribution >= 0.6 is 0 Å². The van der Waals surface area contributed by atoms with Gasteiger partial charge in [-0.1, -0.05) is 42.5 Å². The molecule has 1 atom stereocenters. The van der Waals surface area contributed by atoms with Crippen LogP contribution in [-0.4, -0.2) is 12.8 Å². The van der Waals surface area contributed by atoms with E-state index in [2.05, 4.69) is 6.07 Å². The quantitative estimate of drug-likeness (QED) is 0.809. The second-order valence-electron chi connectivity index (χ2n) is 5.41. The molecule has 2 aliphatic heterocycles. The average molecular weight is 287 g/mol. The maximum absolute atomic E-state index is 12.8. The number of rotatable bonds is 1. The Balaban J connectivity index is 1.96. The van der Waals surface area contributed by atoms with E-state index in [9.17, 15) is 10.1 Å². The zero-order valence-corrected chi connectivity index (χ0v) is 12.0. The number of carbonyl (C=O) groups excluding carboxylic acids is 1. The third kappa shape index (κ3) is 1.48. The molecule has 0 aromatic heterocycles. The van der Waals surface area contributed by atoms with Gasteiger partial charge in [-0.15, -0.1) is 0 Å². The SMILES string of the molecule is CN1C2=C(C#N)C(=O)[C@@H](c3ccccc3)N2c2ccccc21. The lowest BCUT2D eigenvalue weighted by Gasteiger charge is -2.24. The van der Waals surface area contributed by atoms with Crippen LogP contribution < -0.4 is 9.80 Å². The van der Waals surface area contributed by atoms with Crippen molar-refractivity contribution in [1.29, 1.82) is 5.26 Å². The summed E-state index contributed by atoms with van der Waals surface area (Å²) in [6, 6.07) is 19.2. The van der Waals surface area contributed by atoms with Crippen LogP contribution in [0.5, 0.6) is 0 Å². The number of Topliss-reactive ketones (excluding diaryl/α,β-unsaturated/α-hetero) is 1. The van der Waals surface area contributed by atoms with E-state index < -0.39 is 6.04 Å². The minimum Gasteiger partial charge on any atom is -0.328 e. The molecule has 0 fully saturated rings. The van der Waals surface area contributed by atoms with Gasteiger partial charge in [0.2, 0.25) is 5.78 Å². The van der Waals surface area contributed by atoms with Crippen molar-refractivity contribution in [3.8, 4) is 6.07 Å². The lowest BCUT2D eigenvalue weighted by molar-refractivity contribution is -0.115. The van der Waals surface area contributed by atoms with Gasteiger partial charge in [-0.05, 0) is 17.7 Å². The first-order valence-electron chi connectivity index (χ1n) is 7.09. The highest BCUT2D eigenvalue weighted by Crippen LogP contribution is 2.50. The van der Waals surface area contributed by atoms with Gasteiger partial charge in [-0.25, -0.2) is 0 Å². The zero-order chi connectivity index (χ0) is 15.3. The van der Waals surface area contributed by atoms with Crippen LogP contribution in [0.15, 0.2) is 66.0 Å². The molecule has 0 aliphatic carbocycles. The molecule has 0 spiro atoms. The summed E-state index contributed by atoms with van der Waals surface area (Å²) in [5, 5.41) is 9.46. The predicted molar refractivity (Wildman–Crippen MR) is 84.2 cm³/mol. The largest absolute Gasteiger partial charge is 0.328 e. The highest BCUT2D eigenvalue weighted by Gasteiger charge is 2.47. The van der Waals surface area contributed by atoms with Crippen molar-refractivity contribution in [1.82, 2.24) is 0 Å². The molecule has 0 saturated carbocycles. The first kappa shape index (κ1) is 12.7. The lowest BCUT2D eigenvalue weighted by atomic mass is 10.00. The predicted octanol–water partition coefficient (Wildman–Crippen LogP) is 3.00. The molecule has 22 heavy (non-hydrogen) atoms. The van der Waals surface area contributed by atoms with Crippen LogP contribution in [0, 0.1) is 11.3 Å². The number of fused-ring (bicyclic) bond motifs is 3. The van der Waals surface area contributed by atoms with Gasteiger partial charge in [0.05, 0.1) is 11.4 Å². The Morgan fingerprint density at radius 1 is 1.00 bits per heavy atom. The Labute approximate surface area is 128 Å². The average Bonchev–Trinajstić information content (AvgIpc) is 3.01. The van der Waals surface area contributed by atoms with Crippen LogP contribution in [0.2, 0.25) is 0 Å². The third-order valence-electron chi connectivity index (χ3n) is 4.25. The molecule has 2 aliphatic rings. The van der Waals surface area contributed by atoms with Gasteiger partial charge in [0.1, 0.15) is 23.5 Å². The lowest BCUT2D eigenvalue weighted by Crippen LogP contribution is -2.27. The first-order valence-corrected chi connectivity index (χ1v) is 7.09. The summed E-state index contributed by atoms with van der Waals surface area (Å²) < 4.78 is 0. The summed E-state index contributed by atoms with van der Waals surface area (Å²) >= 11 is 0. The Hall–Kier alpha value is -3.06. The summed E-state index contributed by atoms with van der Waals surface area (Å²) in [7, 11) is 1.90. The zero-order valence-electron chi connectivity index (χ0n) is 12.0. The van der Waals surface area contributed by atoms with Crippen LogP contribution in [0.25, 0.3) is 0 Å². The molecule has 0 N–H and O–H groups in total. The summed E-state index contributed by atoms with van der Waals surface area (Å²) in [6.45, 7) is 0. The normalized spacial score (nSPS) is 19.3. The number of carbonyl (C=O) groups is 1. The molecule has 2 heterocycles. The van der Waals surface area contributed by atoms with Crippen LogP contribution in [0.1, 0.15) is 11.6 Å². The highest BCUT2D eigenvalue weighted by atomic mass is 16.1. The highest BCUT2D eigenvalue weighted by molar-refractivity contribution is 6.13. The molecule has 0 amide bonds. The van der Waals surface area contributed by atoms with E-state index in [1.165, 1.54) is 0 Å². The van der Waals surface area contributed by atoms with Crippen LogP contribution in [0.4, 0.5) is 11.4 Å². The molecule has 4 rings (SSSR count). The van der Waals surface area contributed by atoms with E-state index in [1.807, 2.05) is 71.4 Å². The Morgan fingerprint density at radius 2 is 1.64 bits per heavy atom. The van der Waals surface area contributed by atoms with Crippen molar-refractivity contribution >= 4 is 17.2 Å². The molecule has 4 heteroatoms. The number of para-hydroxylation sites is 2. The second-order valence-corrected chi connectivity index (χ2v) is 5.41. The first-order chi connectivity index (χ1) is 10.7. The molecule has 0 bridgehead atoms. The topological polar surface area (TPSA) is 47.3 Å². The molecule has 2 aromatic rings. The van der Waals surface area contributed by atoms with Crippen molar-refractivity contribution < 1.29 is 4.79 Å². The Bertz CT molecular complexity index is 848. The van der Waals surface area contributed by atoms with Crippen LogP contribution in [0.3, 0.4) is 0 Å². The van der Waals surface area contributed by atoms with Gasteiger partial charge in [0, 0.05) is 7.05 Å². The summed E-state index contributed by atoms with van der Waals surface area (Å²) in [5.41, 5.74) is 3.11. The smallest absolute Gasteiger partial charge is 0.204 e. The fourth-order valence-electron chi connectivity index (χ4n) is 3.30. The Morgan fingerprint density at radius 3 is 2.32 bits per heavy atom. The van der Waals surface area contributed by atoms with Gasteiger partial charge < -0.3 is 9.80 Å². The molecule has 2 aromatic carbocycles. The number of anilines is 2. The van der Waals surface area contributed by atoms with E-state index >= 15 is 0 Å². The fourth-order valence-corrected chi connectivity index (χ4v) is 3.30. The number of nitriles is 1. The maximum Gasteiger partial charge on any atom is 0.204 e. The summed E-state index contributed by atoms with van der Waals surface area (Å²) in [5.74, 6) is 0.549. The second kappa shape index (κ2) is 4.47. The maximum atomic E-state index is 12.8. The molecule has 0 radical (unpaired) electrons. The molecule has 4 nitrogen and oxygen atoms in total. The number of benzene rings is 2. The minimum atomic E-state index is -0.461.